The first-order valence-electron chi connectivity index (χ1n) is 10.3. The normalized spacial score (nSPS) is 14.6. The summed E-state index contributed by atoms with van der Waals surface area (Å²) in [6, 6.07) is 14.5. The highest BCUT2D eigenvalue weighted by Crippen LogP contribution is 2.23. The Morgan fingerprint density at radius 3 is 2.47 bits per heavy atom. The van der Waals surface area contributed by atoms with Crippen molar-refractivity contribution in [1.29, 1.82) is 0 Å². The van der Waals surface area contributed by atoms with E-state index < -0.39 is 0 Å². The Morgan fingerprint density at radius 1 is 1.07 bits per heavy atom. The number of rotatable bonds is 6. The highest BCUT2D eigenvalue weighted by atomic mass is 32.2. The van der Waals surface area contributed by atoms with Crippen molar-refractivity contribution in [2.75, 3.05) is 29.9 Å². The zero-order chi connectivity index (χ0) is 20.9. The number of amides is 1. The fourth-order valence-corrected chi connectivity index (χ4v) is 5.25. The molecule has 0 aliphatic carbocycles. The van der Waals surface area contributed by atoms with E-state index in [0.29, 0.717) is 6.42 Å². The Bertz CT molecular complexity index is 1010. The van der Waals surface area contributed by atoms with Gasteiger partial charge in [-0.3, -0.25) is 9.69 Å². The van der Waals surface area contributed by atoms with Crippen LogP contribution in [0.4, 0.5) is 5.69 Å². The van der Waals surface area contributed by atoms with Gasteiger partial charge in [-0.15, -0.1) is 11.3 Å². The fraction of sp³-hybridized carbons (Fsp3) is 0.333. The maximum atomic E-state index is 12.6. The van der Waals surface area contributed by atoms with Gasteiger partial charge in [0, 0.05) is 47.8 Å². The van der Waals surface area contributed by atoms with Gasteiger partial charge in [0.25, 0.3) is 0 Å². The lowest BCUT2D eigenvalue weighted by atomic mass is 10.1. The molecule has 1 saturated heterocycles. The topological polar surface area (TPSA) is 45.2 Å². The lowest BCUT2D eigenvalue weighted by Gasteiger charge is -2.26. The van der Waals surface area contributed by atoms with E-state index in [-0.39, 0.29) is 5.91 Å². The second-order valence-corrected chi connectivity index (χ2v) is 10.00. The lowest BCUT2D eigenvalue weighted by Crippen LogP contribution is -2.31. The summed E-state index contributed by atoms with van der Waals surface area (Å²) in [6.45, 7) is 7.37. The minimum absolute atomic E-state index is 0.0103. The van der Waals surface area contributed by atoms with E-state index in [1.165, 1.54) is 17.1 Å². The van der Waals surface area contributed by atoms with Gasteiger partial charge in [0.1, 0.15) is 0 Å². The van der Waals surface area contributed by atoms with E-state index in [2.05, 4.69) is 39.6 Å². The van der Waals surface area contributed by atoms with Crippen molar-refractivity contribution in [1.82, 2.24) is 9.88 Å². The van der Waals surface area contributed by atoms with Crippen LogP contribution in [0.2, 0.25) is 0 Å². The van der Waals surface area contributed by atoms with Gasteiger partial charge >= 0.3 is 0 Å². The molecule has 0 saturated carbocycles. The van der Waals surface area contributed by atoms with Crippen LogP contribution in [-0.4, -0.2) is 40.4 Å². The number of carbonyl (C=O) groups is 1. The van der Waals surface area contributed by atoms with E-state index >= 15 is 0 Å². The molecule has 1 amide bonds. The van der Waals surface area contributed by atoms with Crippen LogP contribution in [0.1, 0.15) is 21.7 Å². The van der Waals surface area contributed by atoms with Crippen LogP contribution in [-0.2, 0) is 17.8 Å². The number of thiazole rings is 1. The minimum atomic E-state index is 0.0103. The predicted octanol–water partition coefficient (Wildman–Crippen LogP) is 5.16. The zero-order valence-electron chi connectivity index (χ0n) is 17.5. The molecule has 6 heteroatoms. The summed E-state index contributed by atoms with van der Waals surface area (Å²) in [7, 11) is 0. The third-order valence-electron chi connectivity index (χ3n) is 5.31. The number of aromatic nitrogens is 1. The van der Waals surface area contributed by atoms with E-state index in [1.54, 1.807) is 11.3 Å². The van der Waals surface area contributed by atoms with Gasteiger partial charge in [-0.1, -0.05) is 36.4 Å². The second kappa shape index (κ2) is 9.77. The molecule has 30 heavy (non-hydrogen) atoms. The van der Waals surface area contributed by atoms with E-state index in [0.717, 1.165) is 52.7 Å². The average Bonchev–Trinajstić information content (AvgIpc) is 3.18. The molecule has 0 radical (unpaired) electrons. The van der Waals surface area contributed by atoms with E-state index in [9.17, 15) is 4.79 Å². The fourth-order valence-electron chi connectivity index (χ4n) is 3.65. The third-order valence-corrected chi connectivity index (χ3v) is 7.02. The van der Waals surface area contributed by atoms with Crippen LogP contribution >= 0.6 is 23.1 Å². The summed E-state index contributed by atoms with van der Waals surface area (Å²) in [5, 5.41) is 6.20. The Kier molecular flexibility index (Phi) is 6.87. The second-order valence-electron chi connectivity index (χ2n) is 7.71. The van der Waals surface area contributed by atoms with Crippen LogP contribution in [0.5, 0.6) is 0 Å². The van der Waals surface area contributed by atoms with Crippen molar-refractivity contribution >= 4 is 34.7 Å². The van der Waals surface area contributed by atoms with Crippen LogP contribution in [0.25, 0.3) is 11.3 Å². The van der Waals surface area contributed by atoms with Crippen molar-refractivity contribution in [3.63, 3.8) is 0 Å². The Morgan fingerprint density at radius 2 is 1.80 bits per heavy atom. The quantitative estimate of drug-likeness (QED) is 0.579. The molecule has 0 atom stereocenters. The number of thioether (sulfide) groups is 1. The number of nitrogens with zero attached hydrogens (tertiary/aromatic N) is 2. The van der Waals surface area contributed by atoms with Crippen LogP contribution in [0, 0.1) is 13.8 Å². The molecule has 0 unspecified atom stereocenters. The SMILES string of the molecule is Cc1nc(-c2ccc(CC(=O)Nc3ccc(CN4CCSCC4)cc3C)cc2)cs1. The number of hydrogen-bond acceptors (Lipinski definition) is 5. The summed E-state index contributed by atoms with van der Waals surface area (Å²) >= 11 is 3.68. The predicted molar refractivity (Wildman–Crippen MR) is 128 cm³/mol. The van der Waals surface area contributed by atoms with E-state index in [4.69, 9.17) is 0 Å². The van der Waals surface area contributed by atoms with Gasteiger partial charge in [0.05, 0.1) is 17.1 Å². The van der Waals surface area contributed by atoms with Crippen LogP contribution in [0.3, 0.4) is 0 Å². The van der Waals surface area contributed by atoms with Gasteiger partial charge in [0.2, 0.25) is 5.91 Å². The first kappa shape index (κ1) is 21.1. The maximum Gasteiger partial charge on any atom is 0.228 e. The number of benzene rings is 2. The molecule has 1 aromatic heterocycles. The third kappa shape index (κ3) is 5.50. The molecule has 0 spiro atoms. The molecular formula is C24H27N3OS2. The highest BCUT2D eigenvalue weighted by Gasteiger charge is 2.12. The molecular weight excluding hydrogens is 410 g/mol. The first-order valence-corrected chi connectivity index (χ1v) is 12.3. The molecule has 1 aliphatic heterocycles. The monoisotopic (exact) mass is 437 g/mol. The number of aryl methyl sites for hydroxylation is 2. The average molecular weight is 438 g/mol. The molecule has 2 aromatic carbocycles. The number of hydrogen-bond donors (Lipinski definition) is 1. The van der Waals surface area contributed by atoms with Crippen LogP contribution < -0.4 is 5.32 Å². The zero-order valence-corrected chi connectivity index (χ0v) is 19.1. The molecule has 0 bridgehead atoms. The molecule has 1 aliphatic rings. The summed E-state index contributed by atoms with van der Waals surface area (Å²) in [5.41, 5.74) is 6.40. The van der Waals surface area contributed by atoms with E-state index in [1.807, 2.05) is 49.0 Å². The molecule has 1 fully saturated rings. The van der Waals surface area contributed by atoms with Crippen molar-refractivity contribution in [2.45, 2.75) is 26.8 Å². The number of anilines is 1. The highest BCUT2D eigenvalue weighted by molar-refractivity contribution is 7.99. The smallest absolute Gasteiger partial charge is 0.228 e. The molecule has 3 aromatic rings. The summed E-state index contributed by atoms with van der Waals surface area (Å²) in [6.07, 6.45) is 0.364. The Balaban J connectivity index is 1.34. The largest absolute Gasteiger partial charge is 0.326 e. The van der Waals surface area contributed by atoms with Gasteiger partial charge in [-0.05, 0) is 36.6 Å². The lowest BCUT2D eigenvalue weighted by molar-refractivity contribution is -0.115. The molecule has 156 valence electrons. The van der Waals surface area contributed by atoms with Crippen LogP contribution in [0.15, 0.2) is 47.8 Å². The van der Waals surface area contributed by atoms with Gasteiger partial charge in [0.15, 0.2) is 0 Å². The molecule has 4 rings (SSSR count). The van der Waals surface area contributed by atoms with Crippen molar-refractivity contribution in [3.8, 4) is 11.3 Å². The molecule has 1 N–H and O–H groups in total. The standard InChI is InChI=1S/C24H27N3OS2/c1-17-13-20(15-27-9-11-29-12-10-27)5-8-22(17)26-24(28)14-19-3-6-21(7-4-19)23-16-30-18(2)25-23/h3-8,13,16H,9-12,14-15H2,1-2H3,(H,26,28). The van der Waals surface area contributed by atoms with Crippen molar-refractivity contribution < 1.29 is 4.79 Å². The number of nitrogens with one attached hydrogen (secondary N) is 1. The Hall–Kier alpha value is -2.15. The Labute approximate surface area is 186 Å². The minimum Gasteiger partial charge on any atom is -0.326 e. The summed E-state index contributed by atoms with van der Waals surface area (Å²) < 4.78 is 0. The number of carbonyl (C=O) groups excluding carboxylic acids is 1. The van der Waals surface area contributed by atoms with Crippen molar-refractivity contribution in [3.05, 3.63) is 69.5 Å². The van der Waals surface area contributed by atoms with Crippen molar-refractivity contribution in [2.24, 2.45) is 0 Å². The van der Waals surface area contributed by atoms with Gasteiger partial charge < -0.3 is 5.32 Å². The summed E-state index contributed by atoms with van der Waals surface area (Å²) in [5.74, 6) is 2.45. The van der Waals surface area contributed by atoms with Gasteiger partial charge in [-0.2, -0.15) is 11.8 Å². The van der Waals surface area contributed by atoms with Gasteiger partial charge in [-0.25, -0.2) is 4.98 Å². The first-order chi connectivity index (χ1) is 14.6. The molecule has 4 nitrogen and oxygen atoms in total. The maximum absolute atomic E-state index is 12.6. The molecule has 2 heterocycles. The summed E-state index contributed by atoms with van der Waals surface area (Å²) in [4.78, 5) is 19.6.